The molecule has 0 bridgehead atoms. The van der Waals surface area contributed by atoms with Gasteiger partial charge in [-0.2, -0.15) is 15.0 Å². The maximum atomic E-state index is 9.45. The molecule has 152 valence electrons. The highest BCUT2D eigenvalue weighted by molar-refractivity contribution is 7.82. The molecule has 1 heterocycles. The summed E-state index contributed by atoms with van der Waals surface area (Å²) < 4.78 is 3.11. The SMILES string of the molecule is CN(S)c1nc(N(C)Cc2ccc(O)cc2)nc(N(S)Cc2ccc(O)cc2)n1. The Kier molecular flexibility index (Phi) is 6.55. The molecule has 8 nitrogen and oxygen atoms in total. The largest absolute Gasteiger partial charge is 0.508 e. The molecule has 0 saturated heterocycles. The van der Waals surface area contributed by atoms with Crippen LogP contribution in [-0.4, -0.2) is 39.3 Å². The Hall–Kier alpha value is -2.85. The lowest BCUT2D eigenvalue weighted by molar-refractivity contribution is 0.474. The molecule has 2 aromatic carbocycles. The highest BCUT2D eigenvalue weighted by Crippen LogP contribution is 2.23. The maximum absolute atomic E-state index is 9.45. The van der Waals surface area contributed by atoms with Gasteiger partial charge in [-0.3, -0.25) is 8.61 Å². The van der Waals surface area contributed by atoms with Gasteiger partial charge in [0, 0.05) is 20.6 Å². The van der Waals surface area contributed by atoms with Crippen molar-refractivity contribution >= 4 is 43.5 Å². The van der Waals surface area contributed by atoms with E-state index in [0.717, 1.165) is 11.1 Å². The number of aromatic hydroxyl groups is 2. The summed E-state index contributed by atoms with van der Waals surface area (Å²) in [5.74, 6) is 1.65. The molecule has 0 fully saturated rings. The number of benzene rings is 2. The molecule has 1 aromatic heterocycles. The van der Waals surface area contributed by atoms with Crippen LogP contribution < -0.4 is 13.5 Å². The van der Waals surface area contributed by atoms with E-state index in [4.69, 9.17) is 0 Å². The fourth-order valence-electron chi connectivity index (χ4n) is 2.57. The molecule has 0 unspecified atom stereocenters. The van der Waals surface area contributed by atoms with Gasteiger partial charge in [-0.1, -0.05) is 49.9 Å². The number of hydrogen-bond donors (Lipinski definition) is 4. The van der Waals surface area contributed by atoms with E-state index in [1.165, 1.54) is 4.31 Å². The van der Waals surface area contributed by atoms with Crippen molar-refractivity contribution in [2.24, 2.45) is 0 Å². The first-order chi connectivity index (χ1) is 13.8. The first-order valence-electron chi connectivity index (χ1n) is 8.74. The Bertz CT molecular complexity index is 882. The van der Waals surface area contributed by atoms with Crippen LogP contribution in [0.5, 0.6) is 11.5 Å². The Morgan fingerprint density at radius 2 is 1.14 bits per heavy atom. The van der Waals surface area contributed by atoms with E-state index in [2.05, 4.69) is 40.6 Å². The highest BCUT2D eigenvalue weighted by atomic mass is 32.1. The maximum Gasteiger partial charge on any atom is 0.242 e. The van der Waals surface area contributed by atoms with E-state index in [0.29, 0.717) is 30.9 Å². The number of phenols is 2. The monoisotopic (exact) mass is 430 g/mol. The molecule has 0 aliphatic rings. The van der Waals surface area contributed by atoms with Gasteiger partial charge in [0.2, 0.25) is 17.8 Å². The lowest BCUT2D eigenvalue weighted by Crippen LogP contribution is -2.23. The second-order valence-electron chi connectivity index (χ2n) is 6.51. The third kappa shape index (κ3) is 5.58. The second-order valence-corrected chi connectivity index (χ2v) is 7.59. The van der Waals surface area contributed by atoms with Gasteiger partial charge in [0.15, 0.2) is 0 Å². The molecule has 0 aliphatic carbocycles. The number of thiol groups is 2. The van der Waals surface area contributed by atoms with E-state index < -0.39 is 0 Å². The van der Waals surface area contributed by atoms with E-state index in [1.54, 1.807) is 35.6 Å². The average molecular weight is 431 g/mol. The molecule has 10 heteroatoms. The zero-order chi connectivity index (χ0) is 21.0. The first-order valence-corrected chi connectivity index (χ1v) is 9.54. The van der Waals surface area contributed by atoms with Crippen LogP contribution in [0.25, 0.3) is 0 Å². The first kappa shape index (κ1) is 20.9. The van der Waals surface area contributed by atoms with E-state index >= 15 is 0 Å². The molecule has 0 aliphatic heterocycles. The molecular weight excluding hydrogens is 408 g/mol. The molecule has 0 amide bonds. The molecule has 2 N–H and O–H groups in total. The molecule has 0 radical (unpaired) electrons. The van der Waals surface area contributed by atoms with Crippen LogP contribution in [0.2, 0.25) is 0 Å². The molecule has 0 atom stereocenters. The fourth-order valence-corrected chi connectivity index (χ4v) is 2.91. The fraction of sp³-hybridized carbons (Fsp3) is 0.211. The van der Waals surface area contributed by atoms with Gasteiger partial charge in [-0.15, -0.1) is 0 Å². The number of hydrogen-bond acceptors (Lipinski definition) is 10. The topological polar surface area (TPSA) is 88.9 Å². The zero-order valence-corrected chi connectivity index (χ0v) is 17.8. The van der Waals surface area contributed by atoms with Crippen molar-refractivity contribution in [1.29, 1.82) is 0 Å². The van der Waals surface area contributed by atoms with Crippen LogP contribution >= 0.6 is 25.6 Å². The minimum absolute atomic E-state index is 0.205. The number of anilines is 3. The number of nitrogens with zero attached hydrogens (tertiary/aromatic N) is 6. The lowest BCUT2D eigenvalue weighted by Gasteiger charge is -2.22. The smallest absolute Gasteiger partial charge is 0.242 e. The predicted molar refractivity (Wildman–Crippen MR) is 121 cm³/mol. The Labute approximate surface area is 180 Å². The van der Waals surface area contributed by atoms with Gasteiger partial charge in [0.05, 0.1) is 6.54 Å². The highest BCUT2D eigenvalue weighted by Gasteiger charge is 2.16. The molecular formula is C19H22N6O2S2. The van der Waals surface area contributed by atoms with Crippen molar-refractivity contribution in [2.45, 2.75) is 13.1 Å². The molecule has 0 saturated carbocycles. The third-order valence-electron chi connectivity index (χ3n) is 4.09. The summed E-state index contributed by atoms with van der Waals surface area (Å²) in [6.07, 6.45) is 0. The van der Waals surface area contributed by atoms with Gasteiger partial charge in [0.1, 0.15) is 11.5 Å². The van der Waals surface area contributed by atoms with Crippen molar-refractivity contribution in [1.82, 2.24) is 15.0 Å². The van der Waals surface area contributed by atoms with Crippen LogP contribution in [0.1, 0.15) is 11.1 Å². The summed E-state index contributed by atoms with van der Waals surface area (Å²) in [6, 6.07) is 13.8. The van der Waals surface area contributed by atoms with Gasteiger partial charge in [-0.05, 0) is 35.4 Å². The summed E-state index contributed by atoms with van der Waals surface area (Å²) in [4.78, 5) is 15.3. The molecule has 29 heavy (non-hydrogen) atoms. The van der Waals surface area contributed by atoms with Crippen LogP contribution in [0, 0.1) is 0 Å². The lowest BCUT2D eigenvalue weighted by atomic mass is 10.2. The summed E-state index contributed by atoms with van der Waals surface area (Å²) >= 11 is 8.83. The normalized spacial score (nSPS) is 10.6. The Morgan fingerprint density at radius 3 is 1.66 bits per heavy atom. The summed E-state index contributed by atoms with van der Waals surface area (Å²) in [7, 11) is 3.60. The number of rotatable bonds is 7. The van der Waals surface area contributed by atoms with Crippen molar-refractivity contribution < 1.29 is 10.2 Å². The standard InChI is InChI=1S/C19H22N6O2S2/c1-23(11-13-3-7-15(26)8-4-13)17-20-18(24(2)28)22-19(21-17)25(29)12-14-5-9-16(27)10-6-14/h3-10,26-29H,11-12H2,1-2H3. The van der Waals surface area contributed by atoms with Crippen molar-refractivity contribution in [3.8, 4) is 11.5 Å². The minimum atomic E-state index is 0.205. The Balaban J connectivity index is 1.84. The van der Waals surface area contributed by atoms with Crippen LogP contribution in [0.4, 0.5) is 17.8 Å². The zero-order valence-electron chi connectivity index (χ0n) is 16.0. The summed E-state index contributed by atoms with van der Waals surface area (Å²) in [6.45, 7) is 0.980. The van der Waals surface area contributed by atoms with E-state index in [-0.39, 0.29) is 11.5 Å². The predicted octanol–water partition coefficient (Wildman–Crippen LogP) is 3.05. The van der Waals surface area contributed by atoms with Gasteiger partial charge >= 0.3 is 0 Å². The van der Waals surface area contributed by atoms with Gasteiger partial charge in [0.25, 0.3) is 0 Å². The van der Waals surface area contributed by atoms with Crippen molar-refractivity contribution in [3.05, 3.63) is 59.7 Å². The van der Waals surface area contributed by atoms with Crippen LogP contribution in [0.3, 0.4) is 0 Å². The number of phenolic OH excluding ortho intramolecular Hbond substituents is 2. The van der Waals surface area contributed by atoms with Gasteiger partial charge in [-0.25, -0.2) is 0 Å². The molecule has 3 aromatic rings. The van der Waals surface area contributed by atoms with Crippen molar-refractivity contribution in [3.63, 3.8) is 0 Å². The summed E-state index contributed by atoms with van der Waals surface area (Å²) in [5, 5.41) is 18.9. The van der Waals surface area contributed by atoms with Crippen LogP contribution in [0.15, 0.2) is 48.5 Å². The summed E-state index contributed by atoms with van der Waals surface area (Å²) in [5.41, 5.74) is 1.94. The average Bonchev–Trinajstić information content (AvgIpc) is 2.71. The van der Waals surface area contributed by atoms with Crippen LogP contribution in [-0.2, 0) is 13.1 Å². The quantitative estimate of drug-likeness (QED) is 0.426. The molecule has 3 rings (SSSR count). The minimum Gasteiger partial charge on any atom is -0.508 e. The Morgan fingerprint density at radius 1 is 0.690 bits per heavy atom. The number of aromatic nitrogens is 3. The van der Waals surface area contributed by atoms with Gasteiger partial charge < -0.3 is 15.1 Å². The third-order valence-corrected chi connectivity index (χ3v) is 4.59. The van der Waals surface area contributed by atoms with E-state index in [1.807, 2.05) is 36.2 Å². The molecule has 0 spiro atoms. The van der Waals surface area contributed by atoms with Crippen molar-refractivity contribution in [2.75, 3.05) is 27.6 Å². The second kappa shape index (κ2) is 9.10. The van der Waals surface area contributed by atoms with E-state index in [9.17, 15) is 10.2 Å².